The smallest absolute Gasteiger partial charge is 0.254 e. The summed E-state index contributed by atoms with van der Waals surface area (Å²) in [6, 6.07) is 10.5. The molecule has 1 unspecified atom stereocenters. The number of carbonyl (C=O) groups excluding carboxylic acids is 1. The van der Waals surface area contributed by atoms with Gasteiger partial charge < -0.3 is 10.6 Å². The zero-order chi connectivity index (χ0) is 14.5. The van der Waals surface area contributed by atoms with Gasteiger partial charge in [0, 0.05) is 18.8 Å². The molecule has 0 radical (unpaired) electrons. The number of hydrogen-bond donors (Lipinski definition) is 2. The number of amides is 1. The Morgan fingerprint density at radius 2 is 2.24 bits per heavy atom. The lowest BCUT2D eigenvalue weighted by Gasteiger charge is -2.10. The molecule has 2 N–H and O–H groups in total. The minimum Gasteiger partial charge on any atom is -0.350 e. The van der Waals surface area contributed by atoms with E-state index in [1.54, 1.807) is 17.1 Å². The van der Waals surface area contributed by atoms with Gasteiger partial charge in [0.1, 0.15) is 0 Å². The standard InChI is InChI=1S/C16H20N4O/c21-16(18-10-15-7-4-8-17-15)14-9-19-20(12-14)11-13-5-2-1-3-6-13/h1-3,5-6,9,12,15,17H,4,7-8,10-11H2,(H,18,21). The average Bonchev–Trinajstić information content (AvgIpc) is 3.17. The lowest BCUT2D eigenvalue weighted by Crippen LogP contribution is -2.37. The van der Waals surface area contributed by atoms with Gasteiger partial charge >= 0.3 is 0 Å². The molecule has 1 amide bonds. The fraction of sp³-hybridized carbons (Fsp3) is 0.375. The second-order valence-corrected chi connectivity index (χ2v) is 5.42. The summed E-state index contributed by atoms with van der Waals surface area (Å²) < 4.78 is 1.79. The number of carbonyl (C=O) groups is 1. The predicted octanol–water partition coefficient (Wildman–Crippen LogP) is 1.41. The molecule has 2 aromatic rings. The molecule has 0 saturated carbocycles. The normalized spacial score (nSPS) is 17.8. The van der Waals surface area contributed by atoms with Crippen LogP contribution < -0.4 is 10.6 Å². The molecule has 0 aliphatic carbocycles. The minimum absolute atomic E-state index is 0.0528. The van der Waals surface area contributed by atoms with Crippen molar-refractivity contribution in [3.63, 3.8) is 0 Å². The monoisotopic (exact) mass is 284 g/mol. The topological polar surface area (TPSA) is 59.0 Å². The van der Waals surface area contributed by atoms with Gasteiger partial charge in [-0.05, 0) is 24.9 Å². The lowest BCUT2D eigenvalue weighted by atomic mass is 10.2. The third-order valence-electron chi connectivity index (χ3n) is 3.75. The summed E-state index contributed by atoms with van der Waals surface area (Å²) in [5, 5.41) is 10.6. The third-order valence-corrected chi connectivity index (χ3v) is 3.75. The van der Waals surface area contributed by atoms with Crippen LogP contribution in [0.2, 0.25) is 0 Å². The van der Waals surface area contributed by atoms with Crippen molar-refractivity contribution in [3.05, 3.63) is 53.9 Å². The van der Waals surface area contributed by atoms with Crippen LogP contribution in [-0.4, -0.2) is 34.8 Å². The molecule has 1 aromatic heterocycles. The molecule has 1 aromatic carbocycles. The second-order valence-electron chi connectivity index (χ2n) is 5.42. The maximum atomic E-state index is 12.1. The first-order chi connectivity index (χ1) is 10.3. The largest absolute Gasteiger partial charge is 0.350 e. The molecular weight excluding hydrogens is 264 g/mol. The van der Waals surface area contributed by atoms with E-state index in [1.807, 2.05) is 30.3 Å². The van der Waals surface area contributed by atoms with Gasteiger partial charge in [0.2, 0.25) is 0 Å². The molecule has 3 rings (SSSR count). The molecular formula is C16H20N4O. The second kappa shape index (κ2) is 6.54. The number of nitrogens with zero attached hydrogens (tertiary/aromatic N) is 2. The number of aromatic nitrogens is 2. The molecule has 0 spiro atoms. The van der Waals surface area contributed by atoms with Crippen molar-refractivity contribution >= 4 is 5.91 Å². The Labute approximate surface area is 124 Å². The molecule has 1 aliphatic heterocycles. The Hall–Kier alpha value is -2.14. The van der Waals surface area contributed by atoms with Crippen molar-refractivity contribution in [2.45, 2.75) is 25.4 Å². The van der Waals surface area contributed by atoms with E-state index in [9.17, 15) is 4.79 Å². The van der Waals surface area contributed by atoms with Crippen molar-refractivity contribution < 1.29 is 4.79 Å². The molecule has 5 heteroatoms. The molecule has 1 fully saturated rings. The maximum absolute atomic E-state index is 12.1. The predicted molar refractivity (Wildman–Crippen MR) is 81.1 cm³/mol. The molecule has 2 heterocycles. The zero-order valence-corrected chi connectivity index (χ0v) is 12.0. The van der Waals surface area contributed by atoms with Crippen LogP contribution in [-0.2, 0) is 6.54 Å². The molecule has 0 bridgehead atoms. The number of rotatable bonds is 5. The van der Waals surface area contributed by atoms with Gasteiger partial charge in [-0.2, -0.15) is 5.10 Å². The highest BCUT2D eigenvalue weighted by Crippen LogP contribution is 2.06. The SMILES string of the molecule is O=C(NCC1CCCN1)c1cnn(Cc2ccccc2)c1. The Kier molecular flexibility index (Phi) is 4.31. The van der Waals surface area contributed by atoms with E-state index in [0.717, 1.165) is 13.0 Å². The first-order valence-corrected chi connectivity index (χ1v) is 7.39. The van der Waals surface area contributed by atoms with Gasteiger partial charge in [-0.15, -0.1) is 0 Å². The average molecular weight is 284 g/mol. The van der Waals surface area contributed by atoms with Crippen molar-refractivity contribution in [1.82, 2.24) is 20.4 Å². The van der Waals surface area contributed by atoms with Crippen LogP contribution in [0.1, 0.15) is 28.8 Å². The molecule has 1 atom stereocenters. The van der Waals surface area contributed by atoms with Crippen molar-refractivity contribution in [1.29, 1.82) is 0 Å². The highest BCUT2D eigenvalue weighted by molar-refractivity contribution is 5.93. The Morgan fingerprint density at radius 3 is 3.00 bits per heavy atom. The zero-order valence-electron chi connectivity index (χ0n) is 12.0. The van der Waals surface area contributed by atoms with Gasteiger partial charge in [-0.25, -0.2) is 0 Å². The van der Waals surface area contributed by atoms with Gasteiger partial charge in [0.25, 0.3) is 5.91 Å². The molecule has 21 heavy (non-hydrogen) atoms. The van der Waals surface area contributed by atoms with Gasteiger partial charge in [0.05, 0.1) is 18.3 Å². The van der Waals surface area contributed by atoms with Crippen LogP contribution in [0.5, 0.6) is 0 Å². The van der Waals surface area contributed by atoms with E-state index in [0.29, 0.717) is 24.7 Å². The van der Waals surface area contributed by atoms with E-state index < -0.39 is 0 Å². The van der Waals surface area contributed by atoms with Crippen molar-refractivity contribution in [3.8, 4) is 0 Å². The Morgan fingerprint density at radius 1 is 1.38 bits per heavy atom. The van der Waals surface area contributed by atoms with Crippen molar-refractivity contribution in [2.24, 2.45) is 0 Å². The van der Waals surface area contributed by atoms with Gasteiger partial charge in [0.15, 0.2) is 0 Å². The summed E-state index contributed by atoms with van der Waals surface area (Å²) >= 11 is 0. The van der Waals surface area contributed by atoms with E-state index in [2.05, 4.69) is 15.7 Å². The van der Waals surface area contributed by atoms with Crippen molar-refractivity contribution in [2.75, 3.05) is 13.1 Å². The fourth-order valence-corrected chi connectivity index (χ4v) is 2.59. The number of hydrogen-bond acceptors (Lipinski definition) is 3. The van der Waals surface area contributed by atoms with E-state index in [-0.39, 0.29) is 5.91 Å². The molecule has 1 saturated heterocycles. The first-order valence-electron chi connectivity index (χ1n) is 7.39. The van der Waals surface area contributed by atoms with Crippen LogP contribution in [0.15, 0.2) is 42.7 Å². The summed E-state index contributed by atoms with van der Waals surface area (Å²) in [5.74, 6) is -0.0528. The summed E-state index contributed by atoms with van der Waals surface area (Å²) in [5.41, 5.74) is 1.78. The fourth-order valence-electron chi connectivity index (χ4n) is 2.59. The number of benzene rings is 1. The van der Waals surface area contributed by atoms with Crippen LogP contribution >= 0.6 is 0 Å². The summed E-state index contributed by atoms with van der Waals surface area (Å²) in [6.45, 7) is 2.41. The van der Waals surface area contributed by atoms with E-state index in [4.69, 9.17) is 0 Å². The van der Waals surface area contributed by atoms with Gasteiger partial charge in [-0.3, -0.25) is 9.48 Å². The molecule has 110 valence electrons. The summed E-state index contributed by atoms with van der Waals surface area (Å²) in [6.07, 6.45) is 5.74. The molecule has 1 aliphatic rings. The Bertz CT molecular complexity index is 587. The highest BCUT2D eigenvalue weighted by atomic mass is 16.1. The highest BCUT2D eigenvalue weighted by Gasteiger charge is 2.15. The number of nitrogens with one attached hydrogen (secondary N) is 2. The quantitative estimate of drug-likeness (QED) is 0.873. The summed E-state index contributed by atoms with van der Waals surface area (Å²) in [4.78, 5) is 12.1. The van der Waals surface area contributed by atoms with E-state index >= 15 is 0 Å². The van der Waals surface area contributed by atoms with Crippen LogP contribution in [0, 0.1) is 0 Å². The van der Waals surface area contributed by atoms with Crippen LogP contribution in [0.4, 0.5) is 0 Å². The maximum Gasteiger partial charge on any atom is 0.254 e. The molecule has 5 nitrogen and oxygen atoms in total. The minimum atomic E-state index is -0.0528. The van der Waals surface area contributed by atoms with E-state index in [1.165, 1.54) is 12.0 Å². The van der Waals surface area contributed by atoms with Crippen LogP contribution in [0.25, 0.3) is 0 Å². The van der Waals surface area contributed by atoms with Crippen LogP contribution in [0.3, 0.4) is 0 Å². The lowest BCUT2D eigenvalue weighted by molar-refractivity contribution is 0.0950. The first kappa shape index (κ1) is 13.8. The third kappa shape index (κ3) is 3.70. The summed E-state index contributed by atoms with van der Waals surface area (Å²) in [7, 11) is 0. The Balaban J connectivity index is 1.55. The van der Waals surface area contributed by atoms with Gasteiger partial charge in [-0.1, -0.05) is 30.3 Å².